The molecule has 0 spiro atoms. The number of likely N-dealkylation sites (tertiary alicyclic amines) is 1. The Morgan fingerprint density at radius 3 is 2.48 bits per heavy atom. The minimum atomic E-state index is -0.210. The molecule has 2 rings (SSSR count). The van der Waals surface area contributed by atoms with Gasteiger partial charge in [0.25, 0.3) is 0 Å². The Hall–Kier alpha value is -0.160. The van der Waals surface area contributed by atoms with Crippen molar-refractivity contribution in [3.8, 4) is 0 Å². The van der Waals surface area contributed by atoms with Crippen LogP contribution in [-0.2, 0) is 0 Å². The van der Waals surface area contributed by atoms with Crippen molar-refractivity contribution in [1.29, 1.82) is 0 Å². The summed E-state index contributed by atoms with van der Waals surface area (Å²) in [5, 5.41) is 19.1. The Morgan fingerprint density at radius 2 is 1.74 bits per heavy atom. The maximum absolute atomic E-state index is 9.69. The molecule has 136 valence electrons. The summed E-state index contributed by atoms with van der Waals surface area (Å²) in [6, 6.07) is 1.02. The zero-order chi connectivity index (χ0) is 16.5. The van der Waals surface area contributed by atoms with E-state index in [-0.39, 0.29) is 18.8 Å². The summed E-state index contributed by atoms with van der Waals surface area (Å²) in [7, 11) is 2.31. The summed E-state index contributed by atoms with van der Waals surface area (Å²) < 4.78 is 0. The lowest BCUT2D eigenvalue weighted by Gasteiger charge is -2.36. The summed E-state index contributed by atoms with van der Waals surface area (Å²) in [5.74, 6) is 0. The highest BCUT2D eigenvalue weighted by Gasteiger charge is 2.26. The molecule has 2 atom stereocenters. The number of hydrogen-bond acceptors (Lipinski definition) is 4. The van der Waals surface area contributed by atoms with Crippen LogP contribution in [-0.4, -0.2) is 71.5 Å². The quantitative estimate of drug-likeness (QED) is 0.640. The summed E-state index contributed by atoms with van der Waals surface area (Å²) in [4.78, 5) is 4.97. The van der Waals surface area contributed by atoms with E-state index in [0.717, 1.165) is 32.0 Å². The van der Waals surface area contributed by atoms with E-state index in [9.17, 15) is 10.2 Å². The first-order valence-electron chi connectivity index (χ1n) is 9.94. The molecular weight excluding hydrogens is 288 g/mol. The second kappa shape index (κ2) is 10.7. The number of hydrogen-bond donors (Lipinski definition) is 2. The molecule has 2 aliphatic rings. The zero-order valence-corrected chi connectivity index (χ0v) is 15.1. The molecule has 1 saturated carbocycles. The molecule has 0 aromatic carbocycles. The first-order valence-corrected chi connectivity index (χ1v) is 9.94. The third kappa shape index (κ3) is 6.69. The van der Waals surface area contributed by atoms with Crippen LogP contribution in [0.15, 0.2) is 0 Å². The summed E-state index contributed by atoms with van der Waals surface area (Å²) >= 11 is 0. The van der Waals surface area contributed by atoms with Gasteiger partial charge in [-0.3, -0.25) is 4.90 Å². The van der Waals surface area contributed by atoms with Gasteiger partial charge in [-0.1, -0.05) is 32.1 Å². The van der Waals surface area contributed by atoms with E-state index < -0.39 is 0 Å². The van der Waals surface area contributed by atoms with E-state index in [1.165, 1.54) is 64.3 Å². The van der Waals surface area contributed by atoms with Crippen LogP contribution in [0.5, 0.6) is 0 Å². The first-order chi connectivity index (χ1) is 11.2. The predicted molar refractivity (Wildman–Crippen MR) is 95.7 cm³/mol. The van der Waals surface area contributed by atoms with Crippen molar-refractivity contribution in [1.82, 2.24) is 9.80 Å². The van der Waals surface area contributed by atoms with E-state index in [0.29, 0.717) is 0 Å². The average molecular weight is 327 g/mol. The van der Waals surface area contributed by atoms with Crippen LogP contribution < -0.4 is 0 Å². The lowest BCUT2D eigenvalue weighted by atomic mass is 9.94. The van der Waals surface area contributed by atoms with Gasteiger partial charge in [-0.2, -0.15) is 0 Å². The second-order valence-corrected chi connectivity index (χ2v) is 7.74. The standard InChI is InChI=1S/C19H38N2O2/c1-20(17-9-5-4-6-10-17)12-7-2-3-8-13-21-14-11-19(23)15-18(21)16-22/h17-19,22-23H,2-16H2,1H3. The lowest BCUT2D eigenvalue weighted by Crippen LogP contribution is -2.46. The van der Waals surface area contributed by atoms with Crippen LogP contribution in [0.2, 0.25) is 0 Å². The molecule has 23 heavy (non-hydrogen) atoms. The Bertz CT molecular complexity index is 308. The molecule has 1 heterocycles. The molecule has 2 fully saturated rings. The lowest BCUT2D eigenvalue weighted by molar-refractivity contribution is 0.0163. The Balaban J connectivity index is 1.50. The van der Waals surface area contributed by atoms with Gasteiger partial charge in [-0.05, 0) is 58.7 Å². The van der Waals surface area contributed by atoms with Gasteiger partial charge < -0.3 is 15.1 Å². The maximum Gasteiger partial charge on any atom is 0.0587 e. The van der Waals surface area contributed by atoms with Gasteiger partial charge in [-0.15, -0.1) is 0 Å². The zero-order valence-electron chi connectivity index (χ0n) is 15.1. The molecular formula is C19H38N2O2. The molecule has 0 aromatic heterocycles. The number of unbranched alkanes of at least 4 members (excludes halogenated alkanes) is 3. The fourth-order valence-corrected chi connectivity index (χ4v) is 4.30. The van der Waals surface area contributed by atoms with Crippen LogP contribution >= 0.6 is 0 Å². The Morgan fingerprint density at radius 1 is 1.00 bits per heavy atom. The third-order valence-electron chi connectivity index (χ3n) is 5.93. The SMILES string of the molecule is CN(CCCCCCN1CCC(O)CC1CO)C1CCCCC1. The van der Waals surface area contributed by atoms with Gasteiger partial charge >= 0.3 is 0 Å². The number of piperidine rings is 1. The molecule has 1 saturated heterocycles. The second-order valence-electron chi connectivity index (χ2n) is 7.74. The number of rotatable bonds is 9. The van der Waals surface area contributed by atoms with Crippen LogP contribution in [0, 0.1) is 0 Å². The van der Waals surface area contributed by atoms with E-state index in [2.05, 4.69) is 16.8 Å². The first kappa shape index (κ1) is 19.2. The summed E-state index contributed by atoms with van der Waals surface area (Å²) in [5.41, 5.74) is 0. The molecule has 1 aliphatic heterocycles. The molecule has 0 radical (unpaired) electrons. The van der Waals surface area contributed by atoms with E-state index in [1.807, 2.05) is 0 Å². The van der Waals surface area contributed by atoms with Gasteiger partial charge in [0.15, 0.2) is 0 Å². The van der Waals surface area contributed by atoms with Crippen molar-refractivity contribution in [2.24, 2.45) is 0 Å². The molecule has 2 unspecified atom stereocenters. The molecule has 0 amide bonds. The molecule has 4 heteroatoms. The molecule has 1 aliphatic carbocycles. The van der Waals surface area contributed by atoms with Crippen LogP contribution in [0.4, 0.5) is 0 Å². The van der Waals surface area contributed by atoms with Gasteiger partial charge in [0.2, 0.25) is 0 Å². The van der Waals surface area contributed by atoms with Crippen molar-refractivity contribution < 1.29 is 10.2 Å². The average Bonchev–Trinajstić information content (AvgIpc) is 2.59. The highest BCUT2D eigenvalue weighted by molar-refractivity contribution is 4.81. The van der Waals surface area contributed by atoms with Gasteiger partial charge in [-0.25, -0.2) is 0 Å². The molecule has 0 bridgehead atoms. The minimum absolute atomic E-state index is 0.177. The normalized spacial score (nSPS) is 27.7. The third-order valence-corrected chi connectivity index (χ3v) is 5.93. The topological polar surface area (TPSA) is 46.9 Å². The fraction of sp³-hybridized carbons (Fsp3) is 1.00. The molecule has 4 nitrogen and oxygen atoms in total. The van der Waals surface area contributed by atoms with E-state index >= 15 is 0 Å². The van der Waals surface area contributed by atoms with Crippen molar-refractivity contribution in [2.75, 3.05) is 33.3 Å². The smallest absolute Gasteiger partial charge is 0.0587 e. The molecule has 0 aromatic rings. The highest BCUT2D eigenvalue weighted by Crippen LogP contribution is 2.22. The fourth-order valence-electron chi connectivity index (χ4n) is 4.30. The van der Waals surface area contributed by atoms with Crippen LogP contribution in [0.3, 0.4) is 0 Å². The number of aliphatic hydroxyl groups excluding tert-OH is 2. The predicted octanol–water partition coefficient (Wildman–Crippen LogP) is 2.63. The van der Waals surface area contributed by atoms with Crippen LogP contribution in [0.25, 0.3) is 0 Å². The van der Waals surface area contributed by atoms with Gasteiger partial charge in [0, 0.05) is 18.6 Å². The highest BCUT2D eigenvalue weighted by atomic mass is 16.3. The van der Waals surface area contributed by atoms with Crippen molar-refractivity contribution in [3.63, 3.8) is 0 Å². The van der Waals surface area contributed by atoms with Gasteiger partial charge in [0.05, 0.1) is 12.7 Å². The van der Waals surface area contributed by atoms with Gasteiger partial charge in [0.1, 0.15) is 0 Å². The number of aliphatic hydroxyl groups is 2. The number of nitrogens with zero attached hydrogens (tertiary/aromatic N) is 2. The summed E-state index contributed by atoms with van der Waals surface area (Å²) in [6.07, 6.45) is 13.6. The Labute approximate surface area is 142 Å². The van der Waals surface area contributed by atoms with Crippen LogP contribution in [0.1, 0.15) is 70.6 Å². The van der Waals surface area contributed by atoms with Crippen molar-refractivity contribution in [2.45, 2.75) is 88.8 Å². The largest absolute Gasteiger partial charge is 0.395 e. The minimum Gasteiger partial charge on any atom is -0.395 e. The monoisotopic (exact) mass is 326 g/mol. The Kier molecular flexibility index (Phi) is 8.88. The van der Waals surface area contributed by atoms with E-state index in [1.54, 1.807) is 0 Å². The molecule has 2 N–H and O–H groups in total. The van der Waals surface area contributed by atoms with Crippen molar-refractivity contribution in [3.05, 3.63) is 0 Å². The summed E-state index contributed by atoms with van der Waals surface area (Å²) in [6.45, 7) is 3.45. The van der Waals surface area contributed by atoms with E-state index in [4.69, 9.17) is 0 Å². The van der Waals surface area contributed by atoms with Crippen molar-refractivity contribution >= 4 is 0 Å². The maximum atomic E-state index is 9.69.